The van der Waals surface area contributed by atoms with Gasteiger partial charge in [-0.25, -0.2) is 0 Å². The number of amides is 2. The van der Waals surface area contributed by atoms with Gasteiger partial charge in [-0.05, 0) is 39.0 Å². The standard InChI is InChI=1S/C16H31N3O2.ClH/c1-4-13(5-2)16(21)19-10-8-14(9-11-19)18-15(20)7-6-12(3)17;/h12-14H,4-11,17H2,1-3H3,(H,18,20);1H. The Morgan fingerprint density at radius 2 is 1.77 bits per heavy atom. The van der Waals surface area contributed by atoms with E-state index in [9.17, 15) is 9.59 Å². The van der Waals surface area contributed by atoms with Crippen LogP contribution in [0.1, 0.15) is 59.3 Å². The summed E-state index contributed by atoms with van der Waals surface area (Å²) in [7, 11) is 0. The number of hydrogen-bond donors (Lipinski definition) is 2. The predicted octanol–water partition coefficient (Wildman–Crippen LogP) is 2.08. The highest BCUT2D eigenvalue weighted by Crippen LogP contribution is 2.17. The highest BCUT2D eigenvalue weighted by Gasteiger charge is 2.26. The zero-order chi connectivity index (χ0) is 15.8. The first kappa shape index (κ1) is 21.2. The molecule has 0 aliphatic carbocycles. The highest BCUT2D eigenvalue weighted by molar-refractivity contribution is 5.85. The fourth-order valence-corrected chi connectivity index (χ4v) is 2.80. The van der Waals surface area contributed by atoms with Crippen LogP contribution in [-0.4, -0.2) is 41.9 Å². The van der Waals surface area contributed by atoms with Crippen molar-refractivity contribution in [2.75, 3.05) is 13.1 Å². The quantitative estimate of drug-likeness (QED) is 0.749. The molecule has 5 nitrogen and oxygen atoms in total. The van der Waals surface area contributed by atoms with Gasteiger partial charge in [0.2, 0.25) is 11.8 Å². The number of nitrogens with zero attached hydrogens (tertiary/aromatic N) is 1. The first-order chi connectivity index (χ1) is 9.97. The Kier molecular flexibility index (Phi) is 10.4. The molecule has 3 N–H and O–H groups in total. The van der Waals surface area contributed by atoms with Crippen LogP contribution in [0.5, 0.6) is 0 Å². The van der Waals surface area contributed by atoms with Gasteiger partial charge < -0.3 is 16.0 Å². The van der Waals surface area contributed by atoms with E-state index < -0.39 is 0 Å². The Labute approximate surface area is 140 Å². The second-order valence-corrected chi connectivity index (χ2v) is 6.20. The number of rotatable bonds is 7. The van der Waals surface area contributed by atoms with Crippen molar-refractivity contribution >= 4 is 24.2 Å². The van der Waals surface area contributed by atoms with Gasteiger partial charge in [0.25, 0.3) is 0 Å². The van der Waals surface area contributed by atoms with Crippen molar-refractivity contribution in [1.82, 2.24) is 10.2 Å². The van der Waals surface area contributed by atoms with E-state index in [1.165, 1.54) is 0 Å². The maximum absolute atomic E-state index is 12.3. The summed E-state index contributed by atoms with van der Waals surface area (Å²) >= 11 is 0. The average molecular weight is 334 g/mol. The lowest BCUT2D eigenvalue weighted by atomic mass is 9.98. The number of likely N-dealkylation sites (tertiary alicyclic amines) is 1. The molecule has 1 fully saturated rings. The van der Waals surface area contributed by atoms with E-state index in [1.807, 2.05) is 11.8 Å². The molecule has 2 amide bonds. The third-order valence-corrected chi connectivity index (χ3v) is 4.33. The molecule has 22 heavy (non-hydrogen) atoms. The van der Waals surface area contributed by atoms with Crippen LogP contribution in [-0.2, 0) is 9.59 Å². The number of carbonyl (C=O) groups is 2. The summed E-state index contributed by atoms with van der Waals surface area (Å²) in [6, 6.07) is 0.270. The van der Waals surface area contributed by atoms with E-state index >= 15 is 0 Å². The summed E-state index contributed by atoms with van der Waals surface area (Å²) in [6.45, 7) is 7.56. The number of nitrogens with one attached hydrogen (secondary N) is 1. The maximum Gasteiger partial charge on any atom is 0.225 e. The SMILES string of the molecule is CCC(CC)C(=O)N1CCC(NC(=O)CCC(C)N)CC1.Cl. The molecule has 0 saturated carbocycles. The topological polar surface area (TPSA) is 75.4 Å². The number of halogens is 1. The largest absolute Gasteiger partial charge is 0.353 e. The van der Waals surface area contributed by atoms with Crippen molar-refractivity contribution in [1.29, 1.82) is 0 Å². The second-order valence-electron chi connectivity index (χ2n) is 6.20. The summed E-state index contributed by atoms with van der Waals surface area (Å²) < 4.78 is 0. The van der Waals surface area contributed by atoms with Crippen molar-refractivity contribution in [3.8, 4) is 0 Å². The Hall–Kier alpha value is -0.810. The van der Waals surface area contributed by atoms with E-state index in [2.05, 4.69) is 19.2 Å². The van der Waals surface area contributed by atoms with Crippen molar-refractivity contribution in [2.24, 2.45) is 11.7 Å². The molecule has 1 unspecified atom stereocenters. The molecule has 1 aliphatic heterocycles. The highest BCUT2D eigenvalue weighted by atomic mass is 35.5. The summed E-state index contributed by atoms with van der Waals surface area (Å²) in [5.74, 6) is 0.515. The summed E-state index contributed by atoms with van der Waals surface area (Å²) in [4.78, 5) is 26.0. The minimum Gasteiger partial charge on any atom is -0.353 e. The molecule has 1 atom stereocenters. The minimum absolute atomic E-state index is 0. The van der Waals surface area contributed by atoms with Crippen molar-refractivity contribution in [2.45, 2.75) is 71.4 Å². The van der Waals surface area contributed by atoms with Gasteiger partial charge in [0.1, 0.15) is 0 Å². The lowest BCUT2D eigenvalue weighted by Crippen LogP contribution is -2.48. The monoisotopic (exact) mass is 333 g/mol. The molecular weight excluding hydrogens is 302 g/mol. The first-order valence-electron chi connectivity index (χ1n) is 8.31. The van der Waals surface area contributed by atoms with E-state index in [0.29, 0.717) is 6.42 Å². The summed E-state index contributed by atoms with van der Waals surface area (Å²) in [5, 5.41) is 3.06. The van der Waals surface area contributed by atoms with Gasteiger partial charge >= 0.3 is 0 Å². The number of carbonyl (C=O) groups excluding carboxylic acids is 2. The van der Waals surface area contributed by atoms with E-state index in [0.717, 1.165) is 45.2 Å². The molecule has 1 heterocycles. The van der Waals surface area contributed by atoms with Gasteiger partial charge in [-0.1, -0.05) is 13.8 Å². The molecule has 130 valence electrons. The number of piperidine rings is 1. The molecule has 0 bridgehead atoms. The normalized spacial score (nSPS) is 17.0. The van der Waals surface area contributed by atoms with Gasteiger partial charge in [0, 0.05) is 37.5 Å². The van der Waals surface area contributed by atoms with Crippen molar-refractivity contribution in [3.05, 3.63) is 0 Å². The molecule has 1 aliphatic rings. The third-order valence-electron chi connectivity index (χ3n) is 4.33. The number of nitrogens with two attached hydrogens (primary N) is 1. The molecule has 6 heteroatoms. The van der Waals surface area contributed by atoms with Gasteiger partial charge in [-0.15, -0.1) is 12.4 Å². The van der Waals surface area contributed by atoms with Crippen LogP contribution in [0.3, 0.4) is 0 Å². The molecule has 0 spiro atoms. The van der Waals surface area contributed by atoms with Crippen molar-refractivity contribution < 1.29 is 9.59 Å². The van der Waals surface area contributed by atoms with Gasteiger partial charge in [-0.2, -0.15) is 0 Å². The molecule has 0 aromatic rings. The predicted molar refractivity (Wildman–Crippen MR) is 91.9 cm³/mol. The zero-order valence-electron chi connectivity index (χ0n) is 14.1. The lowest BCUT2D eigenvalue weighted by molar-refractivity contribution is -0.137. The molecule has 0 aromatic heterocycles. The molecule has 1 rings (SSSR count). The Morgan fingerprint density at radius 3 is 2.23 bits per heavy atom. The fraction of sp³-hybridized carbons (Fsp3) is 0.875. The maximum atomic E-state index is 12.3. The fourth-order valence-electron chi connectivity index (χ4n) is 2.80. The van der Waals surface area contributed by atoms with E-state index in [4.69, 9.17) is 5.73 Å². The van der Waals surface area contributed by atoms with Crippen LogP contribution in [0.25, 0.3) is 0 Å². The average Bonchev–Trinajstić information content (AvgIpc) is 2.47. The van der Waals surface area contributed by atoms with Gasteiger partial charge in [-0.3, -0.25) is 9.59 Å². The Morgan fingerprint density at radius 1 is 1.23 bits per heavy atom. The minimum atomic E-state index is 0. The van der Waals surface area contributed by atoms with E-state index in [1.54, 1.807) is 0 Å². The van der Waals surface area contributed by atoms with Crippen LogP contribution in [0.15, 0.2) is 0 Å². The number of hydrogen-bond acceptors (Lipinski definition) is 3. The van der Waals surface area contributed by atoms with Crippen LogP contribution in [0.4, 0.5) is 0 Å². The van der Waals surface area contributed by atoms with Crippen LogP contribution in [0, 0.1) is 5.92 Å². The van der Waals surface area contributed by atoms with Gasteiger partial charge in [0.05, 0.1) is 0 Å². The zero-order valence-corrected chi connectivity index (χ0v) is 15.0. The summed E-state index contributed by atoms with van der Waals surface area (Å²) in [6.07, 6.45) is 4.74. The Bertz CT molecular complexity index is 338. The molecular formula is C16H32ClN3O2. The van der Waals surface area contributed by atoms with Gasteiger partial charge in [0.15, 0.2) is 0 Å². The lowest BCUT2D eigenvalue weighted by Gasteiger charge is -2.34. The second kappa shape index (κ2) is 10.8. The first-order valence-corrected chi connectivity index (χ1v) is 8.31. The van der Waals surface area contributed by atoms with Crippen LogP contribution < -0.4 is 11.1 Å². The van der Waals surface area contributed by atoms with E-state index in [-0.39, 0.29) is 42.2 Å². The molecule has 0 radical (unpaired) electrons. The Balaban J connectivity index is 0.00000441. The van der Waals surface area contributed by atoms with Crippen molar-refractivity contribution in [3.63, 3.8) is 0 Å². The smallest absolute Gasteiger partial charge is 0.225 e. The van der Waals surface area contributed by atoms with Crippen LogP contribution in [0.2, 0.25) is 0 Å². The summed E-state index contributed by atoms with van der Waals surface area (Å²) in [5.41, 5.74) is 5.66. The van der Waals surface area contributed by atoms with Crippen LogP contribution >= 0.6 is 12.4 Å². The molecule has 1 saturated heterocycles. The third kappa shape index (κ3) is 6.97. The molecule has 0 aromatic carbocycles.